The van der Waals surface area contributed by atoms with E-state index in [4.69, 9.17) is 14.9 Å². The Bertz CT molecular complexity index is 577. The Morgan fingerprint density at radius 2 is 2.08 bits per heavy atom. The predicted molar refractivity (Wildman–Crippen MR) is 88.9 cm³/mol. The summed E-state index contributed by atoms with van der Waals surface area (Å²) in [4.78, 5) is 16.3. The number of anilines is 1. The molecule has 0 radical (unpaired) electrons. The highest BCUT2D eigenvalue weighted by Gasteiger charge is 2.35. The number of aromatic nitrogens is 2. The van der Waals surface area contributed by atoms with E-state index in [1.54, 1.807) is 6.20 Å². The van der Waals surface area contributed by atoms with Gasteiger partial charge in [-0.25, -0.2) is 4.79 Å². The molecule has 0 aromatic carbocycles. The number of hydrogen-bond donors (Lipinski definition) is 4. The zero-order valence-electron chi connectivity index (χ0n) is 14.0. The molecule has 8 heteroatoms. The van der Waals surface area contributed by atoms with Gasteiger partial charge < -0.3 is 25.4 Å². The molecule has 0 bridgehead atoms. The van der Waals surface area contributed by atoms with Crippen molar-refractivity contribution >= 4 is 5.82 Å². The Morgan fingerprint density at radius 1 is 1.33 bits per heavy atom. The molecule has 1 fully saturated rings. The van der Waals surface area contributed by atoms with Crippen molar-refractivity contribution in [2.45, 2.75) is 57.5 Å². The number of nitrogens with zero attached hydrogens (tertiary/aromatic N) is 2. The Morgan fingerprint density at radius 3 is 2.75 bits per heavy atom. The van der Waals surface area contributed by atoms with Crippen molar-refractivity contribution in [1.82, 2.24) is 9.55 Å². The minimum atomic E-state index is -0.788. The van der Waals surface area contributed by atoms with E-state index in [9.17, 15) is 9.90 Å². The Labute approximate surface area is 141 Å². The normalized spacial score (nSPS) is 23.6. The van der Waals surface area contributed by atoms with E-state index in [-0.39, 0.29) is 19.6 Å². The first-order valence-electron chi connectivity index (χ1n) is 8.45. The van der Waals surface area contributed by atoms with Crippen LogP contribution in [0.1, 0.15) is 43.9 Å². The summed E-state index contributed by atoms with van der Waals surface area (Å²) in [7, 11) is 0. The maximum Gasteiger partial charge on any atom is 0.351 e. The van der Waals surface area contributed by atoms with Gasteiger partial charge in [0.2, 0.25) is 0 Å². The summed E-state index contributed by atoms with van der Waals surface area (Å²) in [6.45, 7) is 2.51. The van der Waals surface area contributed by atoms with Gasteiger partial charge in [-0.05, 0) is 19.8 Å². The van der Waals surface area contributed by atoms with Crippen molar-refractivity contribution in [3.05, 3.63) is 22.2 Å². The van der Waals surface area contributed by atoms with E-state index >= 15 is 0 Å². The van der Waals surface area contributed by atoms with E-state index in [0.29, 0.717) is 12.4 Å². The van der Waals surface area contributed by atoms with Crippen LogP contribution in [-0.4, -0.2) is 56.8 Å². The second kappa shape index (κ2) is 9.12. The molecule has 0 saturated carbocycles. The van der Waals surface area contributed by atoms with Crippen LogP contribution in [0, 0.1) is 6.92 Å². The van der Waals surface area contributed by atoms with E-state index < -0.39 is 24.1 Å². The summed E-state index contributed by atoms with van der Waals surface area (Å²) >= 11 is 0. The SMILES string of the molecule is Cc1cn([C@H]2C[C@H](O)[C@@H](CO)O2)c(=O)nc1NCCCCCCO. The van der Waals surface area contributed by atoms with Crippen LogP contribution in [0.4, 0.5) is 5.82 Å². The minimum absolute atomic E-state index is 0.224. The summed E-state index contributed by atoms with van der Waals surface area (Å²) < 4.78 is 6.86. The van der Waals surface area contributed by atoms with Crippen LogP contribution < -0.4 is 11.0 Å². The average Bonchev–Trinajstić information content (AvgIpc) is 2.94. The van der Waals surface area contributed by atoms with Crippen molar-refractivity contribution < 1.29 is 20.1 Å². The molecule has 24 heavy (non-hydrogen) atoms. The fourth-order valence-corrected chi connectivity index (χ4v) is 2.80. The zero-order chi connectivity index (χ0) is 17.5. The molecule has 4 N–H and O–H groups in total. The Hall–Kier alpha value is -1.48. The summed E-state index contributed by atoms with van der Waals surface area (Å²) in [5.74, 6) is 0.552. The summed E-state index contributed by atoms with van der Waals surface area (Å²) in [5, 5.41) is 30.8. The largest absolute Gasteiger partial charge is 0.396 e. The van der Waals surface area contributed by atoms with Gasteiger partial charge in [-0.1, -0.05) is 12.8 Å². The van der Waals surface area contributed by atoms with Crippen molar-refractivity contribution in [3.8, 4) is 0 Å². The van der Waals surface area contributed by atoms with E-state index in [2.05, 4.69) is 10.3 Å². The third-order valence-corrected chi connectivity index (χ3v) is 4.21. The number of nitrogens with one attached hydrogen (secondary N) is 1. The second-order valence-electron chi connectivity index (χ2n) is 6.14. The molecule has 8 nitrogen and oxygen atoms in total. The van der Waals surface area contributed by atoms with Gasteiger partial charge in [0, 0.05) is 31.3 Å². The number of hydrogen-bond acceptors (Lipinski definition) is 7. The van der Waals surface area contributed by atoms with Crippen molar-refractivity contribution in [2.24, 2.45) is 0 Å². The van der Waals surface area contributed by atoms with Crippen molar-refractivity contribution in [3.63, 3.8) is 0 Å². The number of aryl methyl sites for hydroxylation is 1. The lowest BCUT2D eigenvalue weighted by atomic mass is 10.2. The topological polar surface area (TPSA) is 117 Å². The second-order valence-corrected chi connectivity index (χ2v) is 6.14. The van der Waals surface area contributed by atoms with E-state index in [1.165, 1.54) is 4.57 Å². The fourth-order valence-electron chi connectivity index (χ4n) is 2.80. The molecule has 2 rings (SSSR count). The third-order valence-electron chi connectivity index (χ3n) is 4.21. The molecule has 1 saturated heterocycles. The molecular weight excluding hydrogens is 314 g/mol. The number of aliphatic hydroxyl groups excluding tert-OH is 3. The molecule has 0 aliphatic carbocycles. The van der Waals surface area contributed by atoms with Crippen LogP contribution in [0.5, 0.6) is 0 Å². The molecule has 1 aliphatic heterocycles. The first kappa shape index (κ1) is 18.9. The van der Waals surface area contributed by atoms with Crippen LogP contribution in [0.15, 0.2) is 11.0 Å². The number of ether oxygens (including phenoxy) is 1. The molecule has 2 heterocycles. The van der Waals surface area contributed by atoms with Gasteiger partial charge in [-0.2, -0.15) is 4.98 Å². The first-order chi connectivity index (χ1) is 11.6. The highest BCUT2D eigenvalue weighted by Crippen LogP contribution is 2.27. The standard InChI is InChI=1S/C16H27N3O5/c1-11-9-19(14-8-12(22)13(10-21)24-14)16(23)18-15(11)17-6-4-2-3-5-7-20/h9,12-14,20-22H,2-8,10H2,1H3,(H,17,18,23)/t12-,13+,14+/m0/s1. The molecule has 1 aromatic rings. The molecule has 1 aliphatic rings. The number of aliphatic hydroxyl groups is 3. The molecule has 0 spiro atoms. The van der Waals surface area contributed by atoms with E-state index in [0.717, 1.165) is 31.2 Å². The molecule has 0 amide bonds. The van der Waals surface area contributed by atoms with Crippen molar-refractivity contribution in [2.75, 3.05) is 25.1 Å². The summed E-state index contributed by atoms with van der Waals surface area (Å²) in [6, 6.07) is 0. The van der Waals surface area contributed by atoms with Gasteiger partial charge in [-0.15, -0.1) is 0 Å². The Balaban J connectivity index is 1.95. The maximum absolute atomic E-state index is 12.2. The van der Waals surface area contributed by atoms with Gasteiger partial charge in [-0.3, -0.25) is 4.57 Å². The zero-order valence-corrected chi connectivity index (χ0v) is 14.0. The van der Waals surface area contributed by atoms with Gasteiger partial charge in [0.15, 0.2) is 0 Å². The molecule has 136 valence electrons. The number of rotatable bonds is 9. The highest BCUT2D eigenvalue weighted by atomic mass is 16.5. The quantitative estimate of drug-likeness (QED) is 0.473. The van der Waals surface area contributed by atoms with Crippen LogP contribution in [0.2, 0.25) is 0 Å². The summed E-state index contributed by atoms with van der Waals surface area (Å²) in [6.07, 6.45) is 3.62. The van der Waals surface area contributed by atoms with Gasteiger partial charge in [0.25, 0.3) is 0 Å². The molecule has 3 atom stereocenters. The van der Waals surface area contributed by atoms with Gasteiger partial charge in [0.1, 0.15) is 18.1 Å². The predicted octanol–water partition coefficient (Wildman–Crippen LogP) is 0.157. The lowest BCUT2D eigenvalue weighted by Crippen LogP contribution is -2.29. The molecule has 0 unspecified atom stereocenters. The maximum atomic E-state index is 12.2. The molecule has 1 aromatic heterocycles. The fraction of sp³-hybridized carbons (Fsp3) is 0.750. The van der Waals surface area contributed by atoms with Crippen LogP contribution in [0.25, 0.3) is 0 Å². The minimum Gasteiger partial charge on any atom is -0.396 e. The monoisotopic (exact) mass is 341 g/mol. The Kier molecular flexibility index (Phi) is 7.16. The van der Waals surface area contributed by atoms with Crippen LogP contribution >= 0.6 is 0 Å². The van der Waals surface area contributed by atoms with E-state index in [1.807, 2.05) is 6.92 Å². The molecular formula is C16H27N3O5. The smallest absolute Gasteiger partial charge is 0.351 e. The van der Waals surface area contributed by atoms with Crippen LogP contribution in [0.3, 0.4) is 0 Å². The number of unbranched alkanes of at least 4 members (excludes halogenated alkanes) is 3. The third kappa shape index (κ3) is 4.76. The lowest BCUT2D eigenvalue weighted by molar-refractivity contribution is -0.0459. The van der Waals surface area contributed by atoms with Gasteiger partial charge >= 0.3 is 5.69 Å². The van der Waals surface area contributed by atoms with Crippen molar-refractivity contribution in [1.29, 1.82) is 0 Å². The lowest BCUT2D eigenvalue weighted by Gasteiger charge is -2.16. The van der Waals surface area contributed by atoms with Crippen LogP contribution in [-0.2, 0) is 4.74 Å². The average molecular weight is 341 g/mol. The first-order valence-corrected chi connectivity index (χ1v) is 8.45. The summed E-state index contributed by atoms with van der Waals surface area (Å²) in [5.41, 5.74) is 0.370. The van der Waals surface area contributed by atoms with Gasteiger partial charge in [0.05, 0.1) is 12.7 Å². The highest BCUT2D eigenvalue weighted by molar-refractivity contribution is 5.41.